The van der Waals surface area contributed by atoms with Crippen LogP contribution in [0.15, 0.2) is 0 Å². The van der Waals surface area contributed by atoms with Crippen molar-refractivity contribution in [1.29, 1.82) is 0 Å². The van der Waals surface area contributed by atoms with Gasteiger partial charge in [0, 0.05) is 38.8 Å². The number of thioether (sulfide) groups is 1. The Bertz CT molecular complexity index is 446. The van der Waals surface area contributed by atoms with Crippen LogP contribution in [0.25, 0.3) is 0 Å². The first-order chi connectivity index (χ1) is 11.7. The second kappa shape index (κ2) is 8.56. The first-order valence-electron chi connectivity index (χ1n) is 9.48. The van der Waals surface area contributed by atoms with Gasteiger partial charge in [-0.1, -0.05) is 0 Å². The Morgan fingerprint density at radius 1 is 0.917 bits per heavy atom. The summed E-state index contributed by atoms with van der Waals surface area (Å²) in [5.74, 6) is 1.47. The highest BCUT2D eigenvalue weighted by Crippen LogP contribution is 2.26. The number of piperidine rings is 2. The molecule has 3 aliphatic rings. The van der Waals surface area contributed by atoms with Crippen LogP contribution in [0.2, 0.25) is 0 Å². The number of likely N-dealkylation sites (tertiary alicyclic amines) is 3. The standard InChI is InChI=1S/C18H31N3O2S/c1-24-14-17(22)19-11-6-16(7-12-19)21-10-4-5-15(13-21)18(23)20-8-2-3-9-20/h15-16H,2-14H2,1H3/t15-/m1/s1. The summed E-state index contributed by atoms with van der Waals surface area (Å²) < 4.78 is 0. The van der Waals surface area contributed by atoms with Crippen LogP contribution in [-0.4, -0.2) is 83.8 Å². The SMILES string of the molecule is CSCC(=O)N1CCC(N2CCC[C@@H](C(=O)N3CCCC3)C2)CC1. The largest absolute Gasteiger partial charge is 0.342 e. The Morgan fingerprint density at radius 3 is 2.29 bits per heavy atom. The van der Waals surface area contributed by atoms with E-state index in [1.165, 1.54) is 12.8 Å². The van der Waals surface area contributed by atoms with Gasteiger partial charge in [0.25, 0.3) is 0 Å². The van der Waals surface area contributed by atoms with Crippen molar-refractivity contribution in [2.75, 3.05) is 51.3 Å². The predicted octanol–water partition coefficient (Wildman–Crippen LogP) is 1.67. The molecule has 0 aliphatic carbocycles. The van der Waals surface area contributed by atoms with Gasteiger partial charge in [0.05, 0.1) is 11.7 Å². The number of rotatable bonds is 4. The smallest absolute Gasteiger partial charge is 0.232 e. The van der Waals surface area contributed by atoms with Crippen LogP contribution in [0.1, 0.15) is 38.5 Å². The lowest BCUT2D eigenvalue weighted by Gasteiger charge is -2.42. The van der Waals surface area contributed by atoms with E-state index in [0.29, 0.717) is 17.7 Å². The molecule has 3 saturated heterocycles. The molecule has 0 aromatic rings. The van der Waals surface area contributed by atoms with Gasteiger partial charge in [-0.2, -0.15) is 11.8 Å². The van der Waals surface area contributed by atoms with Gasteiger partial charge in [-0.25, -0.2) is 0 Å². The molecule has 0 radical (unpaired) electrons. The van der Waals surface area contributed by atoms with Crippen LogP contribution >= 0.6 is 11.8 Å². The Morgan fingerprint density at radius 2 is 1.62 bits per heavy atom. The molecule has 0 spiro atoms. The van der Waals surface area contributed by atoms with Gasteiger partial charge in [-0.05, 0) is 51.3 Å². The third kappa shape index (κ3) is 4.26. The second-order valence-corrected chi connectivity index (χ2v) is 8.28. The van der Waals surface area contributed by atoms with E-state index in [1.807, 2.05) is 11.2 Å². The maximum absolute atomic E-state index is 12.7. The average molecular weight is 354 g/mol. The van der Waals surface area contributed by atoms with Crippen LogP contribution in [0, 0.1) is 5.92 Å². The van der Waals surface area contributed by atoms with Crippen molar-refractivity contribution in [1.82, 2.24) is 14.7 Å². The normalized spacial score (nSPS) is 26.8. The van der Waals surface area contributed by atoms with Gasteiger partial charge in [0.1, 0.15) is 0 Å². The molecule has 0 saturated carbocycles. The van der Waals surface area contributed by atoms with E-state index in [-0.39, 0.29) is 11.8 Å². The van der Waals surface area contributed by atoms with Crippen LogP contribution in [0.4, 0.5) is 0 Å². The van der Waals surface area contributed by atoms with Crippen molar-refractivity contribution >= 4 is 23.6 Å². The number of hydrogen-bond acceptors (Lipinski definition) is 4. The average Bonchev–Trinajstić information content (AvgIpc) is 3.16. The van der Waals surface area contributed by atoms with Crippen molar-refractivity contribution in [2.24, 2.45) is 5.92 Å². The predicted molar refractivity (Wildman–Crippen MR) is 98.1 cm³/mol. The summed E-state index contributed by atoms with van der Waals surface area (Å²) in [5.41, 5.74) is 0. The van der Waals surface area contributed by atoms with Crippen LogP contribution in [0.3, 0.4) is 0 Å². The van der Waals surface area contributed by atoms with Crippen LogP contribution in [0.5, 0.6) is 0 Å². The van der Waals surface area contributed by atoms with E-state index >= 15 is 0 Å². The van der Waals surface area contributed by atoms with Crippen molar-refractivity contribution in [3.63, 3.8) is 0 Å². The first kappa shape index (κ1) is 18.1. The zero-order valence-corrected chi connectivity index (χ0v) is 15.7. The summed E-state index contributed by atoms with van der Waals surface area (Å²) >= 11 is 1.60. The highest BCUT2D eigenvalue weighted by Gasteiger charge is 2.34. The van der Waals surface area contributed by atoms with Crippen molar-refractivity contribution in [2.45, 2.75) is 44.6 Å². The van der Waals surface area contributed by atoms with Gasteiger partial charge in [-0.3, -0.25) is 14.5 Å². The quantitative estimate of drug-likeness (QED) is 0.771. The molecule has 0 N–H and O–H groups in total. The second-order valence-electron chi connectivity index (χ2n) is 7.41. The van der Waals surface area contributed by atoms with Gasteiger partial charge < -0.3 is 9.80 Å². The molecule has 3 aliphatic heterocycles. The van der Waals surface area contributed by atoms with Gasteiger partial charge >= 0.3 is 0 Å². The maximum Gasteiger partial charge on any atom is 0.232 e. The molecule has 2 amide bonds. The molecule has 6 heteroatoms. The highest BCUT2D eigenvalue weighted by molar-refractivity contribution is 7.99. The van der Waals surface area contributed by atoms with E-state index in [4.69, 9.17) is 0 Å². The lowest BCUT2D eigenvalue weighted by atomic mass is 9.93. The third-order valence-corrected chi connectivity index (χ3v) is 6.36. The molecule has 5 nitrogen and oxygen atoms in total. The molecule has 3 heterocycles. The number of amides is 2. The Labute approximate surface area is 150 Å². The Kier molecular flexibility index (Phi) is 6.44. The van der Waals surface area contributed by atoms with Crippen molar-refractivity contribution in [3.8, 4) is 0 Å². The highest BCUT2D eigenvalue weighted by atomic mass is 32.2. The summed E-state index contributed by atoms with van der Waals surface area (Å²) in [6, 6.07) is 0.553. The number of hydrogen-bond donors (Lipinski definition) is 0. The molecule has 0 aromatic carbocycles. The molecule has 136 valence electrons. The molecule has 1 atom stereocenters. The zero-order valence-electron chi connectivity index (χ0n) is 14.9. The lowest BCUT2D eigenvalue weighted by molar-refractivity contribution is -0.136. The summed E-state index contributed by atoms with van der Waals surface area (Å²) in [6.45, 7) is 5.74. The molecular weight excluding hydrogens is 322 g/mol. The molecule has 0 aromatic heterocycles. The van der Waals surface area contributed by atoms with E-state index in [1.54, 1.807) is 11.8 Å². The lowest BCUT2D eigenvalue weighted by Crippen LogP contribution is -2.52. The summed E-state index contributed by atoms with van der Waals surface area (Å²) in [6.07, 6.45) is 8.63. The molecule has 0 unspecified atom stereocenters. The van der Waals surface area contributed by atoms with Gasteiger partial charge in [0.15, 0.2) is 0 Å². The van der Waals surface area contributed by atoms with Crippen molar-refractivity contribution < 1.29 is 9.59 Å². The third-order valence-electron chi connectivity index (χ3n) is 5.82. The van der Waals surface area contributed by atoms with Crippen LogP contribution < -0.4 is 0 Å². The van der Waals surface area contributed by atoms with E-state index in [9.17, 15) is 9.59 Å². The topological polar surface area (TPSA) is 43.9 Å². The minimum Gasteiger partial charge on any atom is -0.342 e. The monoisotopic (exact) mass is 353 g/mol. The minimum atomic E-state index is 0.202. The summed E-state index contributed by atoms with van der Waals surface area (Å²) in [7, 11) is 0. The fourth-order valence-corrected chi connectivity index (χ4v) is 4.86. The molecular formula is C18H31N3O2S. The fraction of sp³-hybridized carbons (Fsp3) is 0.889. The number of nitrogens with zero attached hydrogens (tertiary/aromatic N) is 3. The van der Waals surface area contributed by atoms with Gasteiger partial charge in [0.2, 0.25) is 11.8 Å². The van der Waals surface area contributed by atoms with E-state index in [0.717, 1.165) is 65.0 Å². The molecule has 0 bridgehead atoms. The van der Waals surface area contributed by atoms with E-state index < -0.39 is 0 Å². The summed E-state index contributed by atoms with van der Waals surface area (Å²) in [4.78, 5) is 31.3. The Balaban J connectivity index is 1.48. The fourth-order valence-electron chi connectivity index (χ4n) is 4.43. The maximum atomic E-state index is 12.7. The molecule has 3 fully saturated rings. The first-order valence-corrected chi connectivity index (χ1v) is 10.9. The number of carbonyl (C=O) groups is 2. The van der Waals surface area contributed by atoms with Gasteiger partial charge in [-0.15, -0.1) is 0 Å². The molecule has 3 rings (SSSR count). The Hall–Kier alpha value is -0.750. The van der Waals surface area contributed by atoms with E-state index in [2.05, 4.69) is 9.80 Å². The minimum absolute atomic E-state index is 0.202. The summed E-state index contributed by atoms with van der Waals surface area (Å²) in [5, 5.41) is 0. The van der Waals surface area contributed by atoms with Crippen molar-refractivity contribution in [3.05, 3.63) is 0 Å². The zero-order chi connectivity index (χ0) is 16.9. The number of carbonyl (C=O) groups excluding carboxylic acids is 2. The van der Waals surface area contributed by atoms with Crippen LogP contribution in [-0.2, 0) is 9.59 Å². The molecule has 24 heavy (non-hydrogen) atoms.